The highest BCUT2D eigenvalue weighted by Crippen LogP contribution is 2.25. The van der Waals surface area contributed by atoms with E-state index in [1.807, 2.05) is 20.0 Å². The minimum Gasteiger partial charge on any atom is -0.482 e. The SMILES string of the molecule is CNC(C)Cc1noc(COc2ccc(C#N)cc2Cl)n1. The Morgan fingerprint density at radius 2 is 2.33 bits per heavy atom. The molecule has 1 unspecified atom stereocenters. The number of nitrogens with zero attached hydrogens (tertiary/aromatic N) is 3. The first-order valence-corrected chi connectivity index (χ1v) is 6.81. The van der Waals surface area contributed by atoms with E-state index in [1.165, 1.54) is 0 Å². The minimum absolute atomic E-state index is 0.132. The average molecular weight is 307 g/mol. The smallest absolute Gasteiger partial charge is 0.264 e. The maximum absolute atomic E-state index is 8.77. The van der Waals surface area contributed by atoms with E-state index < -0.39 is 0 Å². The Balaban J connectivity index is 1.96. The molecule has 1 aromatic heterocycles. The molecule has 0 aliphatic carbocycles. The quantitative estimate of drug-likeness (QED) is 0.881. The maximum Gasteiger partial charge on any atom is 0.264 e. The summed E-state index contributed by atoms with van der Waals surface area (Å²) in [5, 5.41) is 16.1. The van der Waals surface area contributed by atoms with Crippen LogP contribution in [0.3, 0.4) is 0 Å². The van der Waals surface area contributed by atoms with Crippen molar-refractivity contribution >= 4 is 11.6 Å². The van der Waals surface area contributed by atoms with Crippen molar-refractivity contribution in [2.24, 2.45) is 0 Å². The van der Waals surface area contributed by atoms with E-state index in [2.05, 4.69) is 15.5 Å². The number of nitrogens with one attached hydrogen (secondary N) is 1. The highest BCUT2D eigenvalue weighted by Gasteiger charge is 2.11. The van der Waals surface area contributed by atoms with Crippen LogP contribution in [0.1, 0.15) is 24.2 Å². The molecule has 7 heteroatoms. The molecular weight excluding hydrogens is 292 g/mol. The predicted octanol–water partition coefficient (Wildman–Crippen LogP) is 2.32. The van der Waals surface area contributed by atoms with E-state index >= 15 is 0 Å². The molecule has 1 aromatic carbocycles. The van der Waals surface area contributed by atoms with Crippen molar-refractivity contribution in [1.29, 1.82) is 5.26 Å². The van der Waals surface area contributed by atoms with Gasteiger partial charge in [-0.15, -0.1) is 0 Å². The molecule has 0 spiro atoms. The second kappa shape index (κ2) is 7.07. The minimum atomic E-state index is 0.132. The Bertz CT molecular complexity index is 651. The lowest BCUT2D eigenvalue weighted by Gasteiger charge is -2.05. The van der Waals surface area contributed by atoms with Crippen LogP contribution in [0, 0.1) is 11.3 Å². The summed E-state index contributed by atoms with van der Waals surface area (Å²) in [6.07, 6.45) is 0.678. The molecule has 0 fully saturated rings. The van der Waals surface area contributed by atoms with Crippen molar-refractivity contribution in [1.82, 2.24) is 15.5 Å². The summed E-state index contributed by atoms with van der Waals surface area (Å²) >= 11 is 6.02. The lowest BCUT2D eigenvalue weighted by Crippen LogP contribution is -2.24. The fraction of sp³-hybridized carbons (Fsp3) is 0.357. The van der Waals surface area contributed by atoms with Crippen LogP contribution in [-0.2, 0) is 13.0 Å². The van der Waals surface area contributed by atoms with Crippen LogP contribution in [0.5, 0.6) is 5.75 Å². The van der Waals surface area contributed by atoms with Gasteiger partial charge in [0, 0.05) is 12.5 Å². The van der Waals surface area contributed by atoms with Crippen LogP contribution in [0.2, 0.25) is 5.02 Å². The number of likely N-dealkylation sites (N-methyl/N-ethyl adjacent to an activating group) is 1. The molecule has 0 aliphatic heterocycles. The van der Waals surface area contributed by atoms with Crippen LogP contribution >= 0.6 is 11.6 Å². The van der Waals surface area contributed by atoms with Gasteiger partial charge in [0.2, 0.25) is 0 Å². The zero-order valence-electron chi connectivity index (χ0n) is 11.8. The van der Waals surface area contributed by atoms with Gasteiger partial charge >= 0.3 is 0 Å². The number of nitriles is 1. The summed E-state index contributed by atoms with van der Waals surface area (Å²) in [5.74, 6) is 1.48. The molecule has 1 N–H and O–H groups in total. The molecule has 2 aromatic rings. The number of aromatic nitrogens is 2. The van der Waals surface area contributed by atoms with E-state index in [9.17, 15) is 0 Å². The first-order chi connectivity index (χ1) is 10.1. The van der Waals surface area contributed by atoms with Crippen LogP contribution in [0.25, 0.3) is 0 Å². The molecule has 2 rings (SSSR count). The van der Waals surface area contributed by atoms with Gasteiger partial charge in [0.25, 0.3) is 5.89 Å². The Labute approximate surface area is 127 Å². The fourth-order valence-electron chi connectivity index (χ4n) is 1.63. The van der Waals surface area contributed by atoms with E-state index in [4.69, 9.17) is 26.1 Å². The van der Waals surface area contributed by atoms with Gasteiger partial charge in [0.15, 0.2) is 12.4 Å². The summed E-state index contributed by atoms with van der Waals surface area (Å²) < 4.78 is 10.6. The van der Waals surface area contributed by atoms with Gasteiger partial charge < -0.3 is 14.6 Å². The monoisotopic (exact) mass is 306 g/mol. The Kier molecular flexibility index (Phi) is 5.14. The Morgan fingerprint density at radius 1 is 1.52 bits per heavy atom. The predicted molar refractivity (Wildman–Crippen MR) is 77.0 cm³/mol. The highest BCUT2D eigenvalue weighted by molar-refractivity contribution is 6.32. The van der Waals surface area contributed by atoms with Crippen LogP contribution in [0.4, 0.5) is 0 Å². The van der Waals surface area contributed by atoms with Crippen molar-refractivity contribution < 1.29 is 9.26 Å². The molecule has 1 heterocycles. The molecule has 0 aliphatic rings. The number of hydrogen-bond donors (Lipinski definition) is 1. The Morgan fingerprint density at radius 3 is 3.00 bits per heavy atom. The summed E-state index contributed by atoms with van der Waals surface area (Å²) in [4.78, 5) is 4.24. The van der Waals surface area contributed by atoms with Gasteiger partial charge in [-0.25, -0.2) is 0 Å². The van der Waals surface area contributed by atoms with E-state index in [0.29, 0.717) is 34.5 Å². The lowest BCUT2D eigenvalue weighted by molar-refractivity contribution is 0.242. The molecule has 0 radical (unpaired) electrons. The van der Waals surface area contributed by atoms with Gasteiger partial charge in [-0.2, -0.15) is 10.2 Å². The third kappa shape index (κ3) is 4.18. The molecular formula is C14H15ClN4O2. The van der Waals surface area contributed by atoms with Crippen molar-refractivity contribution in [2.75, 3.05) is 7.05 Å². The number of hydrogen-bond acceptors (Lipinski definition) is 6. The Hall–Kier alpha value is -2.10. The van der Waals surface area contributed by atoms with E-state index in [-0.39, 0.29) is 12.6 Å². The van der Waals surface area contributed by atoms with Crippen LogP contribution < -0.4 is 10.1 Å². The topological polar surface area (TPSA) is 84.0 Å². The number of benzene rings is 1. The molecule has 6 nitrogen and oxygen atoms in total. The van der Waals surface area contributed by atoms with Gasteiger partial charge in [0.1, 0.15) is 5.75 Å². The van der Waals surface area contributed by atoms with Crippen LogP contribution in [-0.4, -0.2) is 23.2 Å². The molecule has 0 amide bonds. The average Bonchev–Trinajstić information content (AvgIpc) is 2.93. The number of rotatable bonds is 6. The third-order valence-electron chi connectivity index (χ3n) is 2.90. The summed E-state index contributed by atoms with van der Waals surface area (Å²) in [5.41, 5.74) is 0.480. The first-order valence-electron chi connectivity index (χ1n) is 6.43. The highest BCUT2D eigenvalue weighted by atomic mass is 35.5. The lowest BCUT2D eigenvalue weighted by atomic mass is 10.2. The molecule has 0 bridgehead atoms. The van der Waals surface area contributed by atoms with Crippen molar-refractivity contribution in [3.05, 3.63) is 40.5 Å². The fourth-order valence-corrected chi connectivity index (χ4v) is 1.87. The number of halogens is 1. The maximum atomic E-state index is 8.77. The van der Waals surface area contributed by atoms with E-state index in [0.717, 1.165) is 0 Å². The standard InChI is InChI=1S/C14H15ClN4O2/c1-9(17-2)5-13-18-14(21-19-13)8-20-12-4-3-10(7-16)6-11(12)15/h3-4,6,9,17H,5,8H2,1-2H3. The third-order valence-corrected chi connectivity index (χ3v) is 3.20. The molecule has 110 valence electrons. The molecule has 0 saturated carbocycles. The summed E-state index contributed by atoms with van der Waals surface area (Å²) in [7, 11) is 1.88. The normalized spacial score (nSPS) is 11.9. The zero-order valence-corrected chi connectivity index (χ0v) is 12.5. The second-order valence-electron chi connectivity index (χ2n) is 4.54. The van der Waals surface area contributed by atoms with Gasteiger partial charge in [-0.3, -0.25) is 0 Å². The van der Waals surface area contributed by atoms with Crippen molar-refractivity contribution in [2.45, 2.75) is 26.0 Å². The largest absolute Gasteiger partial charge is 0.482 e. The second-order valence-corrected chi connectivity index (χ2v) is 4.95. The van der Waals surface area contributed by atoms with Gasteiger partial charge in [0.05, 0.1) is 16.7 Å². The van der Waals surface area contributed by atoms with E-state index in [1.54, 1.807) is 18.2 Å². The van der Waals surface area contributed by atoms with Crippen molar-refractivity contribution in [3.63, 3.8) is 0 Å². The zero-order chi connectivity index (χ0) is 15.2. The van der Waals surface area contributed by atoms with Gasteiger partial charge in [-0.05, 0) is 32.2 Å². The summed E-state index contributed by atoms with van der Waals surface area (Å²) in [6.45, 7) is 2.16. The number of ether oxygens (including phenoxy) is 1. The first kappa shape index (κ1) is 15.3. The van der Waals surface area contributed by atoms with Crippen LogP contribution in [0.15, 0.2) is 22.7 Å². The van der Waals surface area contributed by atoms with Gasteiger partial charge in [-0.1, -0.05) is 16.8 Å². The van der Waals surface area contributed by atoms with Crippen molar-refractivity contribution in [3.8, 4) is 11.8 Å². The molecule has 21 heavy (non-hydrogen) atoms. The molecule has 1 atom stereocenters. The summed E-state index contributed by atoms with van der Waals surface area (Å²) in [6, 6.07) is 7.10. The molecule has 0 saturated heterocycles.